The van der Waals surface area contributed by atoms with Gasteiger partial charge in [-0.05, 0) is 12.1 Å². The summed E-state index contributed by atoms with van der Waals surface area (Å²) in [4.78, 5) is 16.5. The monoisotopic (exact) mass is 258 g/mol. The first-order chi connectivity index (χ1) is 8.98. The molecular formula is C15H18N2O2. The standard InChI is InChI=1S/C15H18N2O2/c1-15(2,3)13(18)14(17-10-9-16-11-17)19-12-7-5-4-6-8-12/h4-11,14H,1-3H3. The van der Waals surface area contributed by atoms with Crippen LogP contribution in [0, 0.1) is 5.41 Å². The molecule has 19 heavy (non-hydrogen) atoms. The van der Waals surface area contributed by atoms with Gasteiger partial charge in [0.2, 0.25) is 6.23 Å². The highest BCUT2D eigenvalue weighted by atomic mass is 16.5. The van der Waals surface area contributed by atoms with Crippen LogP contribution in [0.2, 0.25) is 0 Å². The van der Waals surface area contributed by atoms with E-state index in [-0.39, 0.29) is 5.78 Å². The number of benzene rings is 1. The fourth-order valence-electron chi connectivity index (χ4n) is 1.66. The lowest BCUT2D eigenvalue weighted by molar-refractivity contribution is -0.137. The number of hydrogen-bond acceptors (Lipinski definition) is 3. The maximum absolute atomic E-state index is 12.5. The summed E-state index contributed by atoms with van der Waals surface area (Å²) in [7, 11) is 0. The summed E-state index contributed by atoms with van der Waals surface area (Å²) >= 11 is 0. The van der Waals surface area contributed by atoms with Gasteiger partial charge in [0.25, 0.3) is 0 Å². The Morgan fingerprint density at radius 1 is 1.26 bits per heavy atom. The van der Waals surface area contributed by atoms with E-state index in [1.165, 1.54) is 0 Å². The number of rotatable bonds is 4. The summed E-state index contributed by atoms with van der Waals surface area (Å²) < 4.78 is 7.50. The Kier molecular flexibility index (Phi) is 3.69. The lowest BCUT2D eigenvalue weighted by Gasteiger charge is -2.26. The first-order valence-electron chi connectivity index (χ1n) is 6.22. The lowest BCUT2D eigenvalue weighted by atomic mass is 9.89. The average molecular weight is 258 g/mol. The van der Waals surface area contributed by atoms with E-state index in [1.54, 1.807) is 23.3 Å². The third-order valence-corrected chi connectivity index (χ3v) is 2.75. The Labute approximate surface area is 113 Å². The fraction of sp³-hybridized carbons (Fsp3) is 0.333. The molecule has 0 aliphatic rings. The van der Waals surface area contributed by atoms with Crippen molar-refractivity contribution in [1.29, 1.82) is 0 Å². The Balaban J connectivity index is 2.28. The second-order valence-corrected chi connectivity index (χ2v) is 5.41. The maximum Gasteiger partial charge on any atom is 0.236 e. The lowest BCUT2D eigenvalue weighted by Crippen LogP contribution is -2.33. The molecule has 0 radical (unpaired) electrons. The second kappa shape index (κ2) is 5.26. The molecular weight excluding hydrogens is 240 g/mol. The van der Waals surface area contributed by atoms with E-state index in [0.29, 0.717) is 5.75 Å². The number of imidazole rings is 1. The van der Waals surface area contributed by atoms with E-state index in [2.05, 4.69) is 4.98 Å². The molecule has 0 saturated carbocycles. The zero-order chi connectivity index (χ0) is 13.9. The minimum absolute atomic E-state index is 0.00866. The third kappa shape index (κ3) is 3.22. The van der Waals surface area contributed by atoms with Crippen molar-refractivity contribution in [2.75, 3.05) is 0 Å². The van der Waals surface area contributed by atoms with E-state index in [9.17, 15) is 4.79 Å². The van der Waals surface area contributed by atoms with Crippen LogP contribution >= 0.6 is 0 Å². The molecule has 0 amide bonds. The first kappa shape index (κ1) is 13.3. The molecule has 0 saturated heterocycles. The highest BCUT2D eigenvalue weighted by Crippen LogP contribution is 2.26. The Morgan fingerprint density at radius 3 is 2.47 bits per heavy atom. The van der Waals surface area contributed by atoms with Gasteiger partial charge in [0, 0.05) is 17.8 Å². The molecule has 2 aromatic rings. The van der Waals surface area contributed by atoms with Crippen LogP contribution in [0.1, 0.15) is 27.0 Å². The van der Waals surface area contributed by atoms with Crippen LogP contribution in [-0.4, -0.2) is 15.3 Å². The SMILES string of the molecule is CC(C)(C)C(=O)C(Oc1ccccc1)n1ccnc1. The molecule has 4 heteroatoms. The first-order valence-corrected chi connectivity index (χ1v) is 6.22. The van der Waals surface area contributed by atoms with Gasteiger partial charge in [0.15, 0.2) is 5.78 Å². The van der Waals surface area contributed by atoms with Crippen LogP contribution in [0.5, 0.6) is 5.75 Å². The van der Waals surface area contributed by atoms with Gasteiger partial charge in [-0.2, -0.15) is 0 Å². The molecule has 0 bridgehead atoms. The van der Waals surface area contributed by atoms with Crippen molar-refractivity contribution < 1.29 is 9.53 Å². The van der Waals surface area contributed by atoms with Crippen LogP contribution in [-0.2, 0) is 4.79 Å². The van der Waals surface area contributed by atoms with Crippen molar-refractivity contribution in [1.82, 2.24) is 9.55 Å². The molecule has 4 nitrogen and oxygen atoms in total. The third-order valence-electron chi connectivity index (χ3n) is 2.75. The minimum atomic E-state index is -0.690. The fourth-order valence-corrected chi connectivity index (χ4v) is 1.66. The van der Waals surface area contributed by atoms with E-state index >= 15 is 0 Å². The smallest absolute Gasteiger partial charge is 0.236 e. The van der Waals surface area contributed by atoms with E-state index in [0.717, 1.165) is 0 Å². The van der Waals surface area contributed by atoms with Crippen molar-refractivity contribution >= 4 is 5.78 Å². The molecule has 1 aromatic heterocycles. The second-order valence-electron chi connectivity index (χ2n) is 5.41. The van der Waals surface area contributed by atoms with Crippen LogP contribution in [0.4, 0.5) is 0 Å². The number of hydrogen-bond donors (Lipinski definition) is 0. The van der Waals surface area contributed by atoms with Gasteiger partial charge in [-0.1, -0.05) is 39.0 Å². The van der Waals surface area contributed by atoms with Gasteiger partial charge >= 0.3 is 0 Å². The van der Waals surface area contributed by atoms with E-state index < -0.39 is 11.6 Å². The number of para-hydroxylation sites is 1. The van der Waals surface area contributed by atoms with Gasteiger partial charge < -0.3 is 4.74 Å². The van der Waals surface area contributed by atoms with Crippen LogP contribution in [0.25, 0.3) is 0 Å². The quantitative estimate of drug-likeness (QED) is 0.846. The molecule has 0 fully saturated rings. The molecule has 1 heterocycles. The van der Waals surface area contributed by atoms with Gasteiger partial charge in [0.1, 0.15) is 5.75 Å². The summed E-state index contributed by atoms with van der Waals surface area (Å²) in [5.74, 6) is 0.674. The summed E-state index contributed by atoms with van der Waals surface area (Å²) in [5.41, 5.74) is -0.482. The number of Topliss-reactive ketones (excluding diaryl/α,β-unsaturated/α-hetero) is 1. The normalized spacial score (nSPS) is 13.0. The molecule has 0 N–H and O–H groups in total. The summed E-state index contributed by atoms with van der Waals surface area (Å²) in [6, 6.07) is 9.33. The molecule has 1 aromatic carbocycles. The van der Waals surface area contributed by atoms with Crippen molar-refractivity contribution in [3.63, 3.8) is 0 Å². The molecule has 1 atom stereocenters. The van der Waals surface area contributed by atoms with E-state index in [1.807, 2.05) is 51.1 Å². The predicted octanol–water partition coefficient (Wildman–Crippen LogP) is 3.08. The topological polar surface area (TPSA) is 44.1 Å². The summed E-state index contributed by atoms with van der Waals surface area (Å²) in [6.07, 6.45) is 4.27. The Morgan fingerprint density at radius 2 is 1.95 bits per heavy atom. The van der Waals surface area contributed by atoms with Crippen LogP contribution < -0.4 is 4.74 Å². The van der Waals surface area contributed by atoms with Crippen molar-refractivity contribution in [3.8, 4) is 5.75 Å². The largest absolute Gasteiger partial charge is 0.463 e. The zero-order valence-electron chi connectivity index (χ0n) is 11.4. The molecule has 1 unspecified atom stereocenters. The van der Waals surface area contributed by atoms with Gasteiger partial charge in [-0.3, -0.25) is 9.36 Å². The molecule has 0 aliphatic heterocycles. The van der Waals surface area contributed by atoms with Crippen molar-refractivity contribution in [2.24, 2.45) is 5.41 Å². The Hall–Kier alpha value is -2.10. The highest BCUT2D eigenvalue weighted by Gasteiger charge is 2.32. The summed E-state index contributed by atoms with van der Waals surface area (Å²) in [6.45, 7) is 5.65. The van der Waals surface area contributed by atoms with Crippen molar-refractivity contribution in [2.45, 2.75) is 27.0 Å². The zero-order valence-corrected chi connectivity index (χ0v) is 11.4. The van der Waals surface area contributed by atoms with Crippen molar-refractivity contribution in [3.05, 3.63) is 49.1 Å². The Bertz CT molecular complexity index is 527. The highest BCUT2D eigenvalue weighted by molar-refractivity contribution is 5.86. The minimum Gasteiger partial charge on any atom is -0.463 e. The van der Waals surface area contributed by atoms with Crippen LogP contribution in [0.15, 0.2) is 49.1 Å². The van der Waals surface area contributed by atoms with Crippen LogP contribution in [0.3, 0.4) is 0 Å². The number of ketones is 1. The molecule has 2 rings (SSSR count). The van der Waals surface area contributed by atoms with Gasteiger partial charge in [0.05, 0.1) is 6.33 Å². The number of carbonyl (C=O) groups excluding carboxylic acids is 1. The summed E-state index contributed by atoms with van der Waals surface area (Å²) in [5, 5.41) is 0. The maximum atomic E-state index is 12.5. The number of nitrogens with zero attached hydrogens (tertiary/aromatic N) is 2. The van der Waals surface area contributed by atoms with E-state index in [4.69, 9.17) is 4.74 Å². The van der Waals surface area contributed by atoms with Gasteiger partial charge in [-0.25, -0.2) is 4.98 Å². The number of aromatic nitrogens is 2. The van der Waals surface area contributed by atoms with Gasteiger partial charge in [-0.15, -0.1) is 0 Å². The number of carbonyl (C=O) groups is 1. The molecule has 100 valence electrons. The average Bonchev–Trinajstić information content (AvgIpc) is 2.89. The predicted molar refractivity (Wildman–Crippen MR) is 72.8 cm³/mol. The molecule has 0 spiro atoms. The molecule has 0 aliphatic carbocycles. The number of ether oxygens (including phenoxy) is 1.